The molecule has 1 aliphatic carbocycles. The molecule has 3 rings (SSSR count). The molecule has 0 aromatic carbocycles. The molecule has 27 heavy (non-hydrogen) atoms. The van der Waals surface area contributed by atoms with Crippen LogP contribution in [-0.4, -0.2) is 34.4 Å². The molecule has 0 atom stereocenters. The smallest absolute Gasteiger partial charge is 0.351 e. The van der Waals surface area contributed by atoms with Gasteiger partial charge in [0.05, 0.1) is 0 Å². The Morgan fingerprint density at radius 1 is 1.22 bits per heavy atom. The number of hydrogen-bond donors (Lipinski definition) is 1. The van der Waals surface area contributed by atoms with E-state index in [0.29, 0.717) is 18.0 Å². The first-order chi connectivity index (χ1) is 12.8. The summed E-state index contributed by atoms with van der Waals surface area (Å²) in [6.45, 7) is 2.16. The van der Waals surface area contributed by atoms with Gasteiger partial charge in [0.2, 0.25) is 5.78 Å². The van der Waals surface area contributed by atoms with E-state index in [2.05, 4.69) is 15.3 Å². The Labute approximate surface area is 162 Å². The number of carbonyl (C=O) groups excluding carboxylic acids is 2. The number of Topliss-reactive ketones (excluding diaryl/α,β-unsaturated/α-hetero) is 1. The van der Waals surface area contributed by atoms with Crippen molar-refractivity contribution in [2.45, 2.75) is 51.1 Å². The van der Waals surface area contributed by atoms with Crippen LogP contribution in [0.4, 0.5) is 13.2 Å². The van der Waals surface area contributed by atoms with Crippen molar-refractivity contribution in [2.24, 2.45) is 0 Å². The number of thiazole rings is 2. The summed E-state index contributed by atoms with van der Waals surface area (Å²) < 4.78 is 36.4. The van der Waals surface area contributed by atoms with E-state index >= 15 is 0 Å². The first-order valence-corrected chi connectivity index (χ1v) is 10.2. The Balaban J connectivity index is 1.56. The molecule has 2 heterocycles. The van der Waals surface area contributed by atoms with Gasteiger partial charge in [0.25, 0.3) is 5.91 Å². The molecule has 2 aromatic rings. The number of unbranched alkanes of at least 4 members (excludes halogenated alkanes) is 1. The van der Waals surface area contributed by atoms with Crippen LogP contribution in [0.2, 0.25) is 0 Å². The van der Waals surface area contributed by atoms with Crippen LogP contribution in [0.15, 0.2) is 6.20 Å². The maximum atomic E-state index is 12.5. The van der Waals surface area contributed by atoms with E-state index in [4.69, 9.17) is 0 Å². The quantitative estimate of drug-likeness (QED) is 0.643. The van der Waals surface area contributed by atoms with Crippen molar-refractivity contribution in [3.8, 4) is 10.0 Å². The van der Waals surface area contributed by atoms with Gasteiger partial charge in [-0.25, -0.2) is 9.97 Å². The Kier molecular flexibility index (Phi) is 5.95. The first kappa shape index (κ1) is 19.9. The van der Waals surface area contributed by atoms with Gasteiger partial charge in [0, 0.05) is 28.9 Å². The molecule has 0 spiro atoms. The fourth-order valence-corrected chi connectivity index (χ4v) is 4.52. The summed E-state index contributed by atoms with van der Waals surface area (Å²) >= 11 is 3.00. The van der Waals surface area contributed by atoms with Crippen LogP contribution in [0.25, 0.3) is 10.0 Å². The molecule has 0 aliphatic heterocycles. The van der Waals surface area contributed by atoms with E-state index in [1.165, 1.54) is 22.7 Å². The summed E-state index contributed by atoms with van der Waals surface area (Å²) in [5.74, 6) is -1.70. The average molecular weight is 417 g/mol. The molecule has 1 amide bonds. The maximum Gasteiger partial charge on any atom is 0.449 e. The van der Waals surface area contributed by atoms with Gasteiger partial charge in [-0.15, -0.1) is 22.7 Å². The van der Waals surface area contributed by atoms with Crippen molar-refractivity contribution in [3.63, 3.8) is 0 Å². The molecule has 0 saturated heterocycles. The molecule has 5 nitrogen and oxygen atoms in total. The number of nitrogens with one attached hydrogen (secondary N) is 1. The minimum absolute atomic E-state index is 0.0782. The van der Waals surface area contributed by atoms with Crippen molar-refractivity contribution in [2.75, 3.05) is 6.54 Å². The van der Waals surface area contributed by atoms with Crippen LogP contribution >= 0.6 is 22.7 Å². The summed E-state index contributed by atoms with van der Waals surface area (Å²) in [5, 5.41) is 4.20. The third-order valence-corrected chi connectivity index (χ3v) is 6.33. The SMILES string of the molecule is Cc1cnc(-c2nc(C(=O)NCCCCC(=O)C(F)(F)F)c(C3CC3)s2)s1. The van der Waals surface area contributed by atoms with Crippen LogP contribution in [0, 0.1) is 6.92 Å². The lowest BCUT2D eigenvalue weighted by Gasteiger charge is -2.06. The molecule has 1 N–H and O–H groups in total. The highest BCUT2D eigenvalue weighted by Gasteiger charge is 2.37. The van der Waals surface area contributed by atoms with Gasteiger partial charge < -0.3 is 5.32 Å². The minimum atomic E-state index is -4.78. The Morgan fingerprint density at radius 3 is 2.56 bits per heavy atom. The molecule has 2 aromatic heterocycles. The number of amides is 1. The Morgan fingerprint density at radius 2 is 1.96 bits per heavy atom. The number of rotatable bonds is 8. The molecular formula is C17H18F3N3O2S2. The standard InChI is InChI=1S/C17H18F3N3O2S2/c1-9-8-22-15(26-9)16-23-12(13(27-16)10-5-6-10)14(25)21-7-3-2-4-11(24)17(18,19)20/h8,10H,2-7H2,1H3,(H,21,25). The molecule has 0 unspecified atom stereocenters. The number of ketones is 1. The average Bonchev–Trinajstić information content (AvgIpc) is 3.19. The molecule has 0 bridgehead atoms. The third-order valence-electron chi connectivity index (χ3n) is 4.05. The minimum Gasteiger partial charge on any atom is -0.351 e. The number of aromatic nitrogens is 2. The van der Waals surface area contributed by atoms with Crippen LogP contribution in [-0.2, 0) is 4.79 Å². The first-order valence-electron chi connectivity index (χ1n) is 8.57. The lowest BCUT2D eigenvalue weighted by atomic mass is 10.1. The van der Waals surface area contributed by atoms with E-state index in [1.807, 2.05) is 6.92 Å². The van der Waals surface area contributed by atoms with Gasteiger partial charge in [-0.2, -0.15) is 13.2 Å². The lowest BCUT2D eigenvalue weighted by Crippen LogP contribution is -2.26. The van der Waals surface area contributed by atoms with Crippen LogP contribution in [0.5, 0.6) is 0 Å². The molecular weight excluding hydrogens is 399 g/mol. The van der Waals surface area contributed by atoms with E-state index in [0.717, 1.165) is 32.6 Å². The maximum absolute atomic E-state index is 12.5. The van der Waals surface area contributed by atoms with E-state index in [9.17, 15) is 22.8 Å². The number of carbonyl (C=O) groups is 2. The largest absolute Gasteiger partial charge is 0.449 e. The highest BCUT2D eigenvalue weighted by atomic mass is 32.1. The Bertz CT molecular complexity index is 841. The van der Waals surface area contributed by atoms with Crippen molar-refractivity contribution in [1.29, 1.82) is 0 Å². The van der Waals surface area contributed by atoms with E-state index < -0.39 is 18.4 Å². The highest BCUT2D eigenvalue weighted by molar-refractivity contribution is 7.21. The van der Waals surface area contributed by atoms with Crippen molar-refractivity contribution < 1.29 is 22.8 Å². The number of hydrogen-bond acceptors (Lipinski definition) is 6. The van der Waals surface area contributed by atoms with Gasteiger partial charge >= 0.3 is 6.18 Å². The fourth-order valence-electron chi connectivity index (χ4n) is 2.50. The summed E-state index contributed by atoms with van der Waals surface area (Å²) in [6.07, 6.45) is -1.15. The lowest BCUT2D eigenvalue weighted by molar-refractivity contribution is -0.171. The molecule has 1 saturated carbocycles. The van der Waals surface area contributed by atoms with E-state index in [1.54, 1.807) is 6.20 Å². The molecule has 1 fully saturated rings. The molecule has 1 aliphatic rings. The normalized spacial score (nSPS) is 14.4. The van der Waals surface area contributed by atoms with Gasteiger partial charge in [-0.1, -0.05) is 0 Å². The van der Waals surface area contributed by atoms with E-state index in [-0.39, 0.29) is 18.9 Å². The predicted octanol–water partition coefficient (Wildman–Crippen LogP) is 4.48. The van der Waals surface area contributed by atoms with Crippen molar-refractivity contribution >= 4 is 34.4 Å². The van der Waals surface area contributed by atoms with Crippen molar-refractivity contribution in [1.82, 2.24) is 15.3 Å². The van der Waals surface area contributed by atoms with Gasteiger partial charge in [-0.3, -0.25) is 9.59 Å². The van der Waals surface area contributed by atoms with Crippen LogP contribution in [0.1, 0.15) is 58.3 Å². The van der Waals surface area contributed by atoms with Gasteiger partial charge in [0.1, 0.15) is 5.69 Å². The topological polar surface area (TPSA) is 72.0 Å². The summed E-state index contributed by atoms with van der Waals surface area (Å²) in [6, 6.07) is 0. The second-order valence-electron chi connectivity index (χ2n) is 6.42. The number of nitrogens with zero attached hydrogens (tertiary/aromatic N) is 2. The zero-order valence-electron chi connectivity index (χ0n) is 14.6. The predicted molar refractivity (Wildman–Crippen MR) is 97.2 cm³/mol. The van der Waals surface area contributed by atoms with Gasteiger partial charge in [0.15, 0.2) is 10.0 Å². The number of alkyl halides is 3. The summed E-state index contributed by atoms with van der Waals surface area (Å²) in [7, 11) is 0. The van der Waals surface area contributed by atoms with Crippen LogP contribution in [0.3, 0.4) is 0 Å². The summed E-state index contributed by atoms with van der Waals surface area (Å²) in [5.41, 5.74) is 0.386. The Hall–Kier alpha value is -1.81. The van der Waals surface area contributed by atoms with Crippen molar-refractivity contribution in [3.05, 3.63) is 21.6 Å². The monoisotopic (exact) mass is 417 g/mol. The fraction of sp³-hybridized carbons (Fsp3) is 0.529. The summed E-state index contributed by atoms with van der Waals surface area (Å²) in [4.78, 5) is 34.1. The zero-order chi connectivity index (χ0) is 19.6. The van der Waals surface area contributed by atoms with Crippen LogP contribution < -0.4 is 5.32 Å². The number of halogens is 3. The second-order valence-corrected chi connectivity index (χ2v) is 8.68. The highest BCUT2D eigenvalue weighted by Crippen LogP contribution is 2.46. The third kappa shape index (κ3) is 5.13. The number of aryl methyl sites for hydroxylation is 1. The van der Waals surface area contributed by atoms with Gasteiger partial charge in [-0.05, 0) is 38.5 Å². The molecule has 0 radical (unpaired) electrons. The molecule has 10 heteroatoms. The zero-order valence-corrected chi connectivity index (χ0v) is 16.2. The second kappa shape index (κ2) is 8.05. The molecule has 146 valence electrons.